The molecule has 98 valence electrons. The standard InChI is InChI=1S/C13H23BrN2O/c1-6-10-12(14)11(16(8-3)15-10)9-17-13(4,5)7-2/h6-9H2,1-5H3. The number of ether oxygens (including phenoxy) is 1. The lowest BCUT2D eigenvalue weighted by Crippen LogP contribution is -2.23. The van der Waals surface area contributed by atoms with Gasteiger partial charge >= 0.3 is 0 Å². The minimum Gasteiger partial charge on any atom is -0.369 e. The predicted octanol–water partition coefficient (Wildman–Crippen LogP) is 3.93. The Kier molecular flexibility index (Phi) is 5.20. The lowest BCUT2D eigenvalue weighted by molar-refractivity contribution is -0.0346. The van der Waals surface area contributed by atoms with E-state index in [2.05, 4.69) is 55.6 Å². The Hall–Kier alpha value is -0.350. The topological polar surface area (TPSA) is 27.1 Å². The molecule has 0 amide bonds. The number of aryl methyl sites for hydroxylation is 2. The number of rotatable bonds is 6. The van der Waals surface area contributed by atoms with Gasteiger partial charge in [0.25, 0.3) is 0 Å². The van der Waals surface area contributed by atoms with E-state index in [-0.39, 0.29) is 5.60 Å². The van der Waals surface area contributed by atoms with Crippen LogP contribution >= 0.6 is 15.9 Å². The minimum atomic E-state index is -0.0747. The summed E-state index contributed by atoms with van der Waals surface area (Å²) in [6.07, 6.45) is 1.95. The first-order chi connectivity index (χ1) is 7.95. The summed E-state index contributed by atoms with van der Waals surface area (Å²) >= 11 is 3.63. The van der Waals surface area contributed by atoms with Crippen molar-refractivity contribution in [2.24, 2.45) is 0 Å². The van der Waals surface area contributed by atoms with Gasteiger partial charge in [-0.1, -0.05) is 13.8 Å². The molecule has 0 unspecified atom stereocenters. The van der Waals surface area contributed by atoms with Crippen LogP contribution < -0.4 is 0 Å². The Balaban J connectivity index is 2.86. The van der Waals surface area contributed by atoms with Crippen molar-refractivity contribution >= 4 is 15.9 Å². The van der Waals surface area contributed by atoms with Gasteiger partial charge in [-0.3, -0.25) is 4.68 Å². The molecule has 0 aliphatic heterocycles. The molecule has 0 atom stereocenters. The van der Waals surface area contributed by atoms with Crippen LogP contribution in [-0.2, 0) is 24.3 Å². The van der Waals surface area contributed by atoms with Gasteiger partial charge in [0, 0.05) is 6.54 Å². The van der Waals surface area contributed by atoms with Crippen molar-refractivity contribution in [1.29, 1.82) is 0 Å². The maximum Gasteiger partial charge on any atom is 0.0903 e. The van der Waals surface area contributed by atoms with Crippen LogP contribution in [0.4, 0.5) is 0 Å². The molecule has 0 fully saturated rings. The SMILES string of the molecule is CCc1nn(CC)c(COC(C)(C)CC)c1Br. The van der Waals surface area contributed by atoms with Gasteiger partial charge in [-0.2, -0.15) is 5.10 Å². The third-order valence-corrected chi connectivity index (χ3v) is 4.06. The summed E-state index contributed by atoms with van der Waals surface area (Å²) < 4.78 is 9.08. The van der Waals surface area contributed by atoms with E-state index in [1.54, 1.807) is 0 Å². The third-order valence-electron chi connectivity index (χ3n) is 3.15. The van der Waals surface area contributed by atoms with Crippen molar-refractivity contribution < 1.29 is 4.74 Å². The fourth-order valence-electron chi connectivity index (χ4n) is 1.52. The van der Waals surface area contributed by atoms with E-state index in [1.807, 2.05) is 4.68 Å². The quantitative estimate of drug-likeness (QED) is 0.796. The molecule has 17 heavy (non-hydrogen) atoms. The highest BCUT2D eigenvalue weighted by Crippen LogP contribution is 2.25. The summed E-state index contributed by atoms with van der Waals surface area (Å²) in [4.78, 5) is 0. The van der Waals surface area contributed by atoms with Gasteiger partial charge in [-0.15, -0.1) is 0 Å². The highest BCUT2D eigenvalue weighted by molar-refractivity contribution is 9.10. The van der Waals surface area contributed by atoms with Gasteiger partial charge in [0.05, 0.1) is 28.1 Å². The van der Waals surface area contributed by atoms with Crippen molar-refractivity contribution in [3.63, 3.8) is 0 Å². The predicted molar refractivity (Wildman–Crippen MR) is 74.1 cm³/mol. The first-order valence-corrected chi connectivity index (χ1v) is 7.12. The molecule has 0 saturated carbocycles. The van der Waals surface area contributed by atoms with Crippen LogP contribution in [0, 0.1) is 0 Å². The zero-order valence-corrected chi connectivity index (χ0v) is 13.1. The highest BCUT2D eigenvalue weighted by atomic mass is 79.9. The molecule has 1 rings (SSSR count). The van der Waals surface area contributed by atoms with E-state index in [9.17, 15) is 0 Å². The molecule has 0 aliphatic carbocycles. The fourth-order valence-corrected chi connectivity index (χ4v) is 2.20. The van der Waals surface area contributed by atoms with E-state index in [1.165, 1.54) is 0 Å². The summed E-state index contributed by atoms with van der Waals surface area (Å²) in [5, 5.41) is 4.56. The van der Waals surface area contributed by atoms with Crippen LogP contribution in [0.25, 0.3) is 0 Å². The average Bonchev–Trinajstić information content (AvgIpc) is 2.63. The first-order valence-electron chi connectivity index (χ1n) is 6.33. The first kappa shape index (κ1) is 14.7. The van der Waals surface area contributed by atoms with Crippen molar-refractivity contribution in [3.05, 3.63) is 15.9 Å². The summed E-state index contributed by atoms with van der Waals surface area (Å²) in [6, 6.07) is 0. The van der Waals surface area contributed by atoms with Crippen molar-refractivity contribution in [3.8, 4) is 0 Å². The number of halogens is 1. The second-order valence-corrected chi connectivity index (χ2v) is 5.57. The van der Waals surface area contributed by atoms with Crippen molar-refractivity contribution in [1.82, 2.24) is 9.78 Å². The Bertz CT molecular complexity index is 372. The van der Waals surface area contributed by atoms with E-state index < -0.39 is 0 Å². The van der Waals surface area contributed by atoms with Crippen LogP contribution in [0.2, 0.25) is 0 Å². The smallest absolute Gasteiger partial charge is 0.0903 e. The third kappa shape index (κ3) is 3.55. The summed E-state index contributed by atoms with van der Waals surface area (Å²) in [5.74, 6) is 0. The second kappa shape index (κ2) is 6.01. The van der Waals surface area contributed by atoms with E-state index in [0.717, 1.165) is 35.2 Å². The minimum absolute atomic E-state index is 0.0747. The molecule has 1 heterocycles. The fraction of sp³-hybridized carbons (Fsp3) is 0.769. The normalized spacial score (nSPS) is 12.1. The van der Waals surface area contributed by atoms with E-state index >= 15 is 0 Å². The van der Waals surface area contributed by atoms with Crippen LogP contribution in [0.15, 0.2) is 4.47 Å². The largest absolute Gasteiger partial charge is 0.369 e. The molecule has 4 heteroatoms. The van der Waals surface area contributed by atoms with Gasteiger partial charge in [-0.25, -0.2) is 0 Å². The molecule has 1 aromatic rings. The Morgan fingerprint density at radius 3 is 2.41 bits per heavy atom. The summed E-state index contributed by atoms with van der Waals surface area (Å²) in [6.45, 7) is 12.1. The highest BCUT2D eigenvalue weighted by Gasteiger charge is 2.19. The molecular weight excluding hydrogens is 280 g/mol. The molecule has 0 spiro atoms. The zero-order chi connectivity index (χ0) is 13.1. The van der Waals surface area contributed by atoms with E-state index in [0.29, 0.717) is 6.61 Å². The maximum atomic E-state index is 5.96. The van der Waals surface area contributed by atoms with Crippen LogP contribution in [-0.4, -0.2) is 15.4 Å². The van der Waals surface area contributed by atoms with Crippen LogP contribution in [0.5, 0.6) is 0 Å². The Labute approximate surface area is 113 Å². The summed E-state index contributed by atoms with van der Waals surface area (Å²) in [7, 11) is 0. The zero-order valence-electron chi connectivity index (χ0n) is 11.5. The monoisotopic (exact) mass is 302 g/mol. The van der Waals surface area contributed by atoms with Gasteiger partial charge in [-0.05, 0) is 49.5 Å². The van der Waals surface area contributed by atoms with E-state index in [4.69, 9.17) is 4.74 Å². The van der Waals surface area contributed by atoms with Crippen LogP contribution in [0.3, 0.4) is 0 Å². The number of hydrogen-bond donors (Lipinski definition) is 0. The Morgan fingerprint density at radius 1 is 1.29 bits per heavy atom. The molecule has 0 bridgehead atoms. The molecular formula is C13H23BrN2O. The van der Waals surface area contributed by atoms with Gasteiger partial charge in [0.1, 0.15) is 0 Å². The second-order valence-electron chi connectivity index (χ2n) is 4.78. The molecule has 0 aliphatic rings. The number of nitrogens with zero attached hydrogens (tertiary/aromatic N) is 2. The van der Waals surface area contributed by atoms with Crippen LogP contribution in [0.1, 0.15) is 52.4 Å². The maximum absolute atomic E-state index is 5.96. The molecule has 1 aromatic heterocycles. The molecule has 0 radical (unpaired) electrons. The van der Waals surface area contributed by atoms with Crippen molar-refractivity contribution in [2.45, 2.75) is 66.2 Å². The number of aromatic nitrogens is 2. The molecule has 0 N–H and O–H groups in total. The molecule has 0 aromatic carbocycles. The lowest BCUT2D eigenvalue weighted by Gasteiger charge is -2.23. The van der Waals surface area contributed by atoms with Gasteiger partial charge < -0.3 is 4.74 Å². The lowest BCUT2D eigenvalue weighted by atomic mass is 10.1. The van der Waals surface area contributed by atoms with Gasteiger partial charge in [0.2, 0.25) is 0 Å². The number of hydrogen-bond acceptors (Lipinski definition) is 2. The Morgan fingerprint density at radius 2 is 1.94 bits per heavy atom. The average molecular weight is 303 g/mol. The van der Waals surface area contributed by atoms with Gasteiger partial charge in [0.15, 0.2) is 0 Å². The molecule has 0 saturated heterocycles. The molecule has 3 nitrogen and oxygen atoms in total. The van der Waals surface area contributed by atoms with Crippen molar-refractivity contribution in [2.75, 3.05) is 0 Å². The summed E-state index contributed by atoms with van der Waals surface area (Å²) in [5.41, 5.74) is 2.18.